The molecule has 1 aromatic carbocycles. The van der Waals surface area contributed by atoms with Gasteiger partial charge in [0.1, 0.15) is 0 Å². The zero-order chi connectivity index (χ0) is 18.3. The van der Waals surface area contributed by atoms with E-state index < -0.39 is 0 Å². The monoisotopic (exact) mass is 378 g/mol. The van der Waals surface area contributed by atoms with Gasteiger partial charge in [0.15, 0.2) is 0 Å². The van der Waals surface area contributed by atoms with Crippen molar-refractivity contribution in [3.8, 4) is 10.6 Å². The van der Waals surface area contributed by atoms with Gasteiger partial charge >= 0.3 is 0 Å². The summed E-state index contributed by atoms with van der Waals surface area (Å²) in [7, 11) is 0. The zero-order valence-electron chi connectivity index (χ0n) is 15.2. The van der Waals surface area contributed by atoms with Crippen LogP contribution >= 0.6 is 11.3 Å². The molecule has 1 amide bonds. The minimum Gasteiger partial charge on any atom is -0.371 e. The van der Waals surface area contributed by atoms with Gasteiger partial charge in [-0.1, -0.05) is 37.1 Å². The van der Waals surface area contributed by atoms with Crippen LogP contribution in [0.2, 0.25) is 0 Å². The Hall–Kier alpha value is -2.24. The highest BCUT2D eigenvalue weighted by Gasteiger charge is 2.41. The molecule has 0 atom stereocenters. The van der Waals surface area contributed by atoms with Crippen molar-refractivity contribution in [2.75, 3.05) is 19.7 Å². The van der Waals surface area contributed by atoms with E-state index in [2.05, 4.69) is 6.07 Å². The summed E-state index contributed by atoms with van der Waals surface area (Å²) in [5.41, 5.74) is 2.37. The second-order valence-electron chi connectivity index (χ2n) is 7.51. The molecule has 0 unspecified atom stereocenters. The Bertz CT molecular complexity index is 977. The summed E-state index contributed by atoms with van der Waals surface area (Å²) in [6, 6.07) is 14.0. The average Bonchev–Trinajstić information content (AvgIpc) is 3.39. The molecule has 0 N–H and O–H groups in total. The molecule has 4 nitrogen and oxygen atoms in total. The molecule has 27 heavy (non-hydrogen) atoms. The first-order valence-electron chi connectivity index (χ1n) is 9.61. The number of fused-ring (bicyclic) bond motifs is 1. The summed E-state index contributed by atoms with van der Waals surface area (Å²) in [4.78, 5) is 21.4. The smallest absolute Gasteiger partial charge is 0.254 e. The first kappa shape index (κ1) is 16.9. The van der Waals surface area contributed by atoms with Crippen LogP contribution in [0, 0.1) is 0 Å². The van der Waals surface area contributed by atoms with Gasteiger partial charge in [0, 0.05) is 11.9 Å². The van der Waals surface area contributed by atoms with E-state index in [1.807, 2.05) is 46.7 Å². The molecule has 1 aliphatic carbocycles. The van der Waals surface area contributed by atoms with Crippen LogP contribution in [0.15, 0.2) is 47.8 Å². The van der Waals surface area contributed by atoms with Gasteiger partial charge in [-0.2, -0.15) is 0 Å². The molecule has 1 saturated carbocycles. The van der Waals surface area contributed by atoms with Crippen molar-refractivity contribution in [2.45, 2.75) is 31.3 Å². The summed E-state index contributed by atoms with van der Waals surface area (Å²) in [5.74, 6) is 0.0981. The van der Waals surface area contributed by atoms with Crippen LogP contribution in [0.1, 0.15) is 36.0 Å². The van der Waals surface area contributed by atoms with Gasteiger partial charge in [0.25, 0.3) is 5.91 Å². The van der Waals surface area contributed by atoms with E-state index >= 15 is 0 Å². The number of morpholine rings is 1. The fraction of sp³-hybridized carbons (Fsp3) is 0.364. The molecule has 5 rings (SSSR count). The molecular formula is C22H22N2O2S. The number of nitrogens with zero attached hydrogens (tertiary/aromatic N) is 2. The summed E-state index contributed by atoms with van der Waals surface area (Å²) in [6.07, 6.45) is 4.52. The van der Waals surface area contributed by atoms with Crippen molar-refractivity contribution in [2.24, 2.45) is 0 Å². The molecule has 3 aromatic rings. The van der Waals surface area contributed by atoms with Crippen molar-refractivity contribution in [1.29, 1.82) is 0 Å². The number of carbonyl (C=O) groups is 1. The Labute approximate surface area is 162 Å². The lowest BCUT2D eigenvalue weighted by molar-refractivity contribution is -0.0948. The van der Waals surface area contributed by atoms with Crippen LogP contribution in [0.25, 0.3) is 21.5 Å². The van der Waals surface area contributed by atoms with Crippen molar-refractivity contribution >= 4 is 28.1 Å². The number of benzene rings is 1. The third kappa shape index (κ3) is 3.05. The molecule has 3 heterocycles. The molecule has 2 fully saturated rings. The topological polar surface area (TPSA) is 42.4 Å². The summed E-state index contributed by atoms with van der Waals surface area (Å²) in [5, 5.41) is 2.97. The van der Waals surface area contributed by atoms with E-state index in [4.69, 9.17) is 9.72 Å². The summed E-state index contributed by atoms with van der Waals surface area (Å²) >= 11 is 1.65. The highest BCUT2D eigenvalue weighted by Crippen LogP contribution is 2.37. The number of hydrogen-bond acceptors (Lipinski definition) is 4. The first-order chi connectivity index (χ1) is 13.2. The molecule has 138 valence electrons. The van der Waals surface area contributed by atoms with E-state index in [0.717, 1.165) is 39.9 Å². The molecule has 2 aromatic heterocycles. The maximum absolute atomic E-state index is 13.5. The van der Waals surface area contributed by atoms with E-state index in [0.29, 0.717) is 19.7 Å². The Morgan fingerprint density at radius 1 is 1.15 bits per heavy atom. The lowest BCUT2D eigenvalue weighted by Crippen LogP contribution is -2.52. The fourth-order valence-electron chi connectivity index (χ4n) is 4.41. The minimum atomic E-state index is -0.118. The fourth-order valence-corrected chi connectivity index (χ4v) is 5.10. The van der Waals surface area contributed by atoms with Gasteiger partial charge in [0.05, 0.1) is 40.4 Å². The number of pyridine rings is 1. The predicted octanol–water partition coefficient (Wildman–Crippen LogP) is 4.75. The second-order valence-corrected chi connectivity index (χ2v) is 8.46. The quantitative estimate of drug-likeness (QED) is 0.646. The highest BCUT2D eigenvalue weighted by atomic mass is 32.1. The minimum absolute atomic E-state index is 0.0981. The number of thiophene rings is 1. The number of aromatic nitrogens is 1. The Morgan fingerprint density at radius 3 is 2.81 bits per heavy atom. The SMILES string of the molecule is O=C(c1cc(-c2cccs2)nc2ccccc12)N1CCOC2(CCCC2)C1. The van der Waals surface area contributed by atoms with Gasteiger partial charge in [-0.3, -0.25) is 4.79 Å². The van der Waals surface area contributed by atoms with Crippen LogP contribution in [0.5, 0.6) is 0 Å². The normalized spacial score (nSPS) is 19.0. The lowest BCUT2D eigenvalue weighted by Gasteiger charge is -2.40. The first-order valence-corrected chi connectivity index (χ1v) is 10.5. The highest BCUT2D eigenvalue weighted by molar-refractivity contribution is 7.13. The molecule has 0 radical (unpaired) electrons. The van der Waals surface area contributed by atoms with Gasteiger partial charge in [-0.25, -0.2) is 4.98 Å². The van der Waals surface area contributed by atoms with Gasteiger partial charge < -0.3 is 9.64 Å². The standard InChI is InChI=1S/C22H22N2O2S/c25-21(24-11-12-26-22(15-24)9-3-4-10-22)17-14-19(20-8-5-13-27-20)23-18-7-2-1-6-16(17)18/h1-2,5-8,13-14H,3-4,9-12,15H2. The predicted molar refractivity (Wildman–Crippen MR) is 108 cm³/mol. The van der Waals surface area contributed by atoms with Crippen LogP contribution in [0.4, 0.5) is 0 Å². The Morgan fingerprint density at radius 2 is 2.00 bits per heavy atom. The molecule has 1 aliphatic heterocycles. The third-order valence-electron chi connectivity index (χ3n) is 5.77. The molecule has 1 saturated heterocycles. The van der Waals surface area contributed by atoms with Crippen molar-refractivity contribution in [3.63, 3.8) is 0 Å². The van der Waals surface area contributed by atoms with Crippen molar-refractivity contribution in [1.82, 2.24) is 9.88 Å². The van der Waals surface area contributed by atoms with Crippen molar-refractivity contribution in [3.05, 3.63) is 53.4 Å². The van der Waals surface area contributed by atoms with Crippen LogP contribution < -0.4 is 0 Å². The lowest BCUT2D eigenvalue weighted by atomic mass is 9.98. The molecule has 0 bridgehead atoms. The molecule has 1 spiro atoms. The maximum atomic E-state index is 13.5. The number of carbonyl (C=O) groups excluding carboxylic acids is 1. The van der Waals surface area contributed by atoms with Crippen LogP contribution in [-0.4, -0.2) is 41.1 Å². The number of amides is 1. The van der Waals surface area contributed by atoms with Gasteiger partial charge in [-0.15, -0.1) is 11.3 Å². The third-order valence-corrected chi connectivity index (χ3v) is 6.66. The molecule has 5 heteroatoms. The average molecular weight is 378 g/mol. The summed E-state index contributed by atoms with van der Waals surface area (Å²) in [6.45, 7) is 1.99. The van der Waals surface area contributed by atoms with Crippen molar-refractivity contribution < 1.29 is 9.53 Å². The van der Waals surface area contributed by atoms with Crippen LogP contribution in [0.3, 0.4) is 0 Å². The van der Waals surface area contributed by atoms with E-state index in [1.54, 1.807) is 11.3 Å². The van der Waals surface area contributed by atoms with E-state index in [-0.39, 0.29) is 11.5 Å². The van der Waals surface area contributed by atoms with E-state index in [1.165, 1.54) is 12.8 Å². The van der Waals surface area contributed by atoms with Gasteiger partial charge in [0.2, 0.25) is 0 Å². The van der Waals surface area contributed by atoms with Gasteiger partial charge in [-0.05, 0) is 36.4 Å². The Kier molecular flexibility index (Phi) is 4.21. The summed E-state index contributed by atoms with van der Waals surface area (Å²) < 4.78 is 6.11. The molecular weight excluding hydrogens is 356 g/mol. The largest absolute Gasteiger partial charge is 0.371 e. The number of hydrogen-bond donors (Lipinski definition) is 0. The maximum Gasteiger partial charge on any atom is 0.254 e. The van der Waals surface area contributed by atoms with E-state index in [9.17, 15) is 4.79 Å². The number of rotatable bonds is 2. The number of para-hydroxylation sites is 1. The second kappa shape index (κ2) is 6.73. The molecule has 2 aliphatic rings. The Balaban J connectivity index is 1.56. The number of ether oxygens (including phenoxy) is 1. The zero-order valence-corrected chi connectivity index (χ0v) is 16.0. The van der Waals surface area contributed by atoms with Crippen LogP contribution in [-0.2, 0) is 4.74 Å².